The maximum Gasteiger partial charge on any atom is 0.253 e. The standard InChI is InChI=1S/C25H49N2/c1-4-6-8-9-10-11-12-13-14-15-16-17-18-19-20-22-27-24-23-26(25(27)3)21-7-5-2/h23-24H,4-22H2,1-3H3/q+1. The molecule has 0 saturated carbocycles. The first-order valence-corrected chi connectivity index (χ1v) is 12.3. The first-order chi connectivity index (χ1) is 13.3. The lowest BCUT2D eigenvalue weighted by atomic mass is 10.0. The molecule has 0 amide bonds. The predicted molar refractivity (Wildman–Crippen MR) is 119 cm³/mol. The number of hydrogen-bond acceptors (Lipinski definition) is 0. The minimum atomic E-state index is 1.17. The summed E-state index contributed by atoms with van der Waals surface area (Å²) in [6.07, 6.45) is 28.7. The van der Waals surface area contributed by atoms with Crippen LogP contribution in [0.3, 0.4) is 0 Å². The highest BCUT2D eigenvalue weighted by atomic mass is 15.1. The van der Waals surface area contributed by atoms with Gasteiger partial charge in [-0.1, -0.05) is 104 Å². The van der Waals surface area contributed by atoms with E-state index in [1.807, 2.05) is 0 Å². The second kappa shape index (κ2) is 17.3. The molecule has 1 rings (SSSR count). The molecule has 0 unspecified atom stereocenters. The Morgan fingerprint density at radius 3 is 1.56 bits per heavy atom. The van der Waals surface area contributed by atoms with E-state index in [0.717, 1.165) is 0 Å². The van der Waals surface area contributed by atoms with Crippen molar-refractivity contribution in [2.75, 3.05) is 0 Å². The van der Waals surface area contributed by atoms with Crippen LogP contribution in [-0.4, -0.2) is 4.57 Å². The molecule has 0 atom stereocenters. The number of aromatic nitrogens is 2. The average molecular weight is 378 g/mol. The largest absolute Gasteiger partial charge is 0.253 e. The Labute approximate surface area is 170 Å². The molecule has 0 N–H and O–H groups in total. The molecule has 0 aliphatic carbocycles. The van der Waals surface area contributed by atoms with Crippen LogP contribution in [0.25, 0.3) is 0 Å². The normalized spacial score (nSPS) is 11.4. The van der Waals surface area contributed by atoms with Gasteiger partial charge in [0, 0.05) is 6.92 Å². The number of hydrogen-bond donors (Lipinski definition) is 0. The molecule has 0 aliphatic rings. The molecule has 158 valence electrons. The molecule has 2 heteroatoms. The Kier molecular flexibility index (Phi) is 15.6. The van der Waals surface area contributed by atoms with Crippen LogP contribution in [0.1, 0.15) is 129 Å². The summed E-state index contributed by atoms with van der Waals surface area (Å²) in [5, 5.41) is 0. The second-order valence-electron chi connectivity index (χ2n) is 8.54. The molecule has 0 saturated heterocycles. The van der Waals surface area contributed by atoms with Gasteiger partial charge in [-0.2, -0.15) is 0 Å². The lowest BCUT2D eigenvalue weighted by molar-refractivity contribution is -0.702. The van der Waals surface area contributed by atoms with Crippen LogP contribution < -0.4 is 4.57 Å². The first kappa shape index (κ1) is 24.2. The fourth-order valence-corrected chi connectivity index (χ4v) is 4.00. The monoisotopic (exact) mass is 377 g/mol. The van der Waals surface area contributed by atoms with E-state index in [-0.39, 0.29) is 0 Å². The Morgan fingerprint density at radius 1 is 0.630 bits per heavy atom. The lowest BCUT2D eigenvalue weighted by Gasteiger charge is -2.04. The molecular weight excluding hydrogens is 328 g/mol. The third kappa shape index (κ3) is 12.3. The zero-order valence-electron chi connectivity index (χ0n) is 19.0. The van der Waals surface area contributed by atoms with Gasteiger partial charge in [0.15, 0.2) is 0 Å². The van der Waals surface area contributed by atoms with Crippen molar-refractivity contribution in [1.29, 1.82) is 0 Å². The topological polar surface area (TPSA) is 8.81 Å². The highest BCUT2D eigenvalue weighted by Crippen LogP contribution is 2.13. The van der Waals surface area contributed by atoms with Crippen LogP contribution in [0.4, 0.5) is 0 Å². The number of aryl methyl sites for hydroxylation is 2. The van der Waals surface area contributed by atoms with Crippen molar-refractivity contribution in [3.8, 4) is 0 Å². The van der Waals surface area contributed by atoms with E-state index in [1.165, 1.54) is 128 Å². The van der Waals surface area contributed by atoms with E-state index in [1.54, 1.807) is 0 Å². The Bertz CT molecular complexity index is 436. The fraction of sp³-hybridized carbons (Fsp3) is 0.880. The maximum absolute atomic E-state index is 2.44. The van der Waals surface area contributed by atoms with E-state index in [2.05, 4.69) is 42.3 Å². The molecule has 1 aromatic rings. The quantitative estimate of drug-likeness (QED) is 0.172. The van der Waals surface area contributed by atoms with Gasteiger partial charge in [0.1, 0.15) is 12.4 Å². The number of nitrogens with zero attached hydrogens (tertiary/aromatic N) is 2. The number of rotatable bonds is 19. The minimum Gasteiger partial charge on any atom is -0.234 e. The van der Waals surface area contributed by atoms with Crippen molar-refractivity contribution in [2.24, 2.45) is 0 Å². The molecule has 0 radical (unpaired) electrons. The summed E-state index contributed by atoms with van der Waals surface area (Å²) in [6, 6.07) is 0. The van der Waals surface area contributed by atoms with Crippen molar-refractivity contribution < 1.29 is 4.57 Å². The van der Waals surface area contributed by atoms with Crippen molar-refractivity contribution in [2.45, 2.75) is 143 Å². The molecule has 0 aliphatic heterocycles. The van der Waals surface area contributed by atoms with Crippen LogP contribution >= 0.6 is 0 Å². The van der Waals surface area contributed by atoms with Gasteiger partial charge < -0.3 is 0 Å². The second-order valence-corrected chi connectivity index (χ2v) is 8.54. The highest BCUT2D eigenvalue weighted by Gasteiger charge is 2.10. The van der Waals surface area contributed by atoms with Crippen LogP contribution in [0.5, 0.6) is 0 Å². The van der Waals surface area contributed by atoms with Gasteiger partial charge in [-0.3, -0.25) is 0 Å². The molecular formula is C25H49N2+. The summed E-state index contributed by atoms with van der Waals surface area (Å²) in [5.41, 5.74) is 0. The van der Waals surface area contributed by atoms with E-state index in [4.69, 9.17) is 0 Å². The first-order valence-electron chi connectivity index (χ1n) is 12.3. The smallest absolute Gasteiger partial charge is 0.234 e. The molecule has 27 heavy (non-hydrogen) atoms. The zero-order valence-corrected chi connectivity index (χ0v) is 19.0. The van der Waals surface area contributed by atoms with Gasteiger partial charge in [-0.25, -0.2) is 9.13 Å². The highest BCUT2D eigenvalue weighted by molar-refractivity contribution is 4.79. The van der Waals surface area contributed by atoms with Gasteiger partial charge in [-0.15, -0.1) is 0 Å². The molecule has 0 bridgehead atoms. The van der Waals surface area contributed by atoms with E-state index in [0.29, 0.717) is 0 Å². The molecule has 1 heterocycles. The third-order valence-electron chi connectivity index (χ3n) is 6.01. The summed E-state index contributed by atoms with van der Waals surface area (Å²) in [7, 11) is 0. The summed E-state index contributed by atoms with van der Waals surface area (Å²) < 4.78 is 4.85. The van der Waals surface area contributed by atoms with Crippen molar-refractivity contribution >= 4 is 0 Å². The van der Waals surface area contributed by atoms with Gasteiger partial charge in [0.05, 0.1) is 13.1 Å². The van der Waals surface area contributed by atoms with Gasteiger partial charge in [0.2, 0.25) is 0 Å². The fourth-order valence-electron chi connectivity index (χ4n) is 4.00. The molecule has 1 aromatic heterocycles. The average Bonchev–Trinajstić information content (AvgIpc) is 3.03. The molecule has 0 fully saturated rings. The van der Waals surface area contributed by atoms with Crippen molar-refractivity contribution in [1.82, 2.24) is 4.57 Å². The van der Waals surface area contributed by atoms with Gasteiger partial charge in [-0.05, 0) is 19.3 Å². The summed E-state index contributed by atoms with van der Waals surface area (Å²) >= 11 is 0. The van der Waals surface area contributed by atoms with E-state index in [9.17, 15) is 0 Å². The van der Waals surface area contributed by atoms with Crippen LogP contribution in [-0.2, 0) is 13.1 Å². The Balaban J connectivity index is 1.86. The Morgan fingerprint density at radius 2 is 1.07 bits per heavy atom. The predicted octanol–water partition coefficient (Wildman–Crippen LogP) is 7.76. The van der Waals surface area contributed by atoms with Crippen molar-refractivity contribution in [3.63, 3.8) is 0 Å². The van der Waals surface area contributed by atoms with Gasteiger partial charge >= 0.3 is 0 Å². The Hall–Kier alpha value is -0.790. The lowest BCUT2D eigenvalue weighted by Crippen LogP contribution is -2.35. The van der Waals surface area contributed by atoms with Crippen LogP contribution in [0.15, 0.2) is 12.4 Å². The SMILES string of the molecule is CCCCCCCCCCCCCCCCC[n+]1ccn(CCCC)c1C. The minimum absolute atomic E-state index is 1.17. The number of unbranched alkanes of at least 4 members (excludes halogenated alkanes) is 15. The van der Waals surface area contributed by atoms with Gasteiger partial charge in [0.25, 0.3) is 5.82 Å². The maximum atomic E-state index is 2.44. The summed E-state index contributed by atoms with van der Waals surface area (Å²) in [6.45, 7) is 9.20. The molecule has 0 spiro atoms. The molecule has 2 nitrogen and oxygen atoms in total. The van der Waals surface area contributed by atoms with Crippen LogP contribution in [0, 0.1) is 6.92 Å². The summed E-state index contributed by atoms with van der Waals surface area (Å²) in [4.78, 5) is 0. The third-order valence-corrected chi connectivity index (χ3v) is 6.01. The number of imidazole rings is 1. The van der Waals surface area contributed by atoms with E-state index < -0.39 is 0 Å². The van der Waals surface area contributed by atoms with Crippen molar-refractivity contribution in [3.05, 3.63) is 18.2 Å². The van der Waals surface area contributed by atoms with Crippen LogP contribution in [0.2, 0.25) is 0 Å². The van der Waals surface area contributed by atoms with E-state index >= 15 is 0 Å². The zero-order chi connectivity index (χ0) is 19.6. The summed E-state index contributed by atoms with van der Waals surface area (Å²) in [5.74, 6) is 1.42. The molecule has 0 aromatic carbocycles.